The van der Waals surface area contributed by atoms with Crippen molar-refractivity contribution < 1.29 is 23.9 Å². The molecule has 0 bridgehead atoms. The van der Waals surface area contributed by atoms with Gasteiger partial charge in [0.15, 0.2) is 5.12 Å². The summed E-state index contributed by atoms with van der Waals surface area (Å²) in [5, 5.41) is -0.691. The minimum absolute atomic E-state index is 0.0241. The largest absolute Gasteiger partial charge is 0.497 e. The van der Waals surface area contributed by atoms with Gasteiger partial charge in [0.1, 0.15) is 22.6 Å². The van der Waals surface area contributed by atoms with E-state index < -0.39 is 21.7 Å². The molecular weight excluding hydrogens is 422 g/mol. The van der Waals surface area contributed by atoms with Gasteiger partial charge in [-0.1, -0.05) is 51.4 Å². The minimum Gasteiger partial charge on any atom is -0.497 e. The molecule has 0 aromatic heterocycles. The Labute approximate surface area is 156 Å². The van der Waals surface area contributed by atoms with Crippen LogP contribution < -0.4 is 4.74 Å². The summed E-state index contributed by atoms with van der Waals surface area (Å²) in [5.74, 6) is -0.400. The van der Waals surface area contributed by atoms with Crippen LogP contribution in [0.15, 0.2) is 24.3 Å². The van der Waals surface area contributed by atoms with Gasteiger partial charge in [-0.3, -0.25) is 9.59 Å². The summed E-state index contributed by atoms with van der Waals surface area (Å²) in [6.45, 7) is 1.41. The second-order valence-corrected chi connectivity index (χ2v) is 7.63. The zero-order valence-corrected chi connectivity index (χ0v) is 16.1. The normalized spacial score (nSPS) is 21.0. The van der Waals surface area contributed by atoms with Crippen molar-refractivity contribution >= 4 is 56.3 Å². The Balaban J connectivity index is 1.93. The summed E-state index contributed by atoms with van der Waals surface area (Å²) in [5.41, 5.74) is -0.516. The highest BCUT2D eigenvalue weighted by molar-refractivity contribution is 9.10. The summed E-state index contributed by atoms with van der Waals surface area (Å²) in [4.78, 5) is 35.8. The second kappa shape index (κ2) is 8.22. The number of thioether (sulfide) groups is 1. The molecule has 0 saturated carbocycles. The number of methoxy groups -OCH3 is 1. The fraction of sp³-hybridized carbons (Fsp3) is 0.400. The van der Waals surface area contributed by atoms with Crippen LogP contribution in [0, 0.1) is 0 Å². The highest BCUT2D eigenvalue weighted by Crippen LogP contribution is 2.38. The molecule has 6 nitrogen and oxygen atoms in total. The average molecular weight is 437 g/mol. The molecule has 24 heavy (non-hydrogen) atoms. The van der Waals surface area contributed by atoms with Crippen LogP contribution in [0.4, 0.5) is 0 Å². The highest BCUT2D eigenvalue weighted by Gasteiger charge is 2.52. The van der Waals surface area contributed by atoms with Gasteiger partial charge in [-0.2, -0.15) is 0 Å². The lowest BCUT2D eigenvalue weighted by Gasteiger charge is -2.44. The molecule has 1 amide bonds. The van der Waals surface area contributed by atoms with Gasteiger partial charge < -0.3 is 14.4 Å². The molecule has 3 atom stereocenters. The number of hydrogen-bond donors (Lipinski definition) is 0. The first kappa shape index (κ1) is 19.1. The van der Waals surface area contributed by atoms with Crippen LogP contribution in [-0.2, 0) is 25.7 Å². The number of β-lactam (4-membered cyclic amide) rings is 1. The number of alkyl halides is 2. The minimum atomic E-state index is -1.28. The average Bonchev–Trinajstić information content (AvgIpc) is 2.58. The van der Waals surface area contributed by atoms with Crippen LogP contribution in [0.3, 0.4) is 0 Å². The molecule has 1 aromatic carbocycles. The Morgan fingerprint density at radius 3 is 2.54 bits per heavy atom. The maximum atomic E-state index is 12.1. The Bertz CT molecular complexity index is 641. The maximum Gasteiger partial charge on any atom is 0.345 e. The van der Waals surface area contributed by atoms with Crippen molar-refractivity contribution in [1.82, 2.24) is 4.90 Å². The number of ether oxygens (including phenoxy) is 2. The summed E-state index contributed by atoms with van der Waals surface area (Å²) < 4.78 is 10.2. The molecule has 130 valence electrons. The molecule has 0 radical (unpaired) electrons. The van der Waals surface area contributed by atoms with Crippen LogP contribution in [0.5, 0.6) is 5.75 Å². The number of carbonyl (C=O) groups is 3. The van der Waals surface area contributed by atoms with Crippen molar-refractivity contribution in [2.45, 2.75) is 29.2 Å². The van der Waals surface area contributed by atoms with Crippen LogP contribution in [0.2, 0.25) is 0 Å². The van der Waals surface area contributed by atoms with Gasteiger partial charge in [-0.15, -0.1) is 0 Å². The lowest BCUT2D eigenvalue weighted by Crippen LogP contribution is -2.64. The quantitative estimate of drug-likeness (QED) is 0.295. The Morgan fingerprint density at radius 2 is 2.00 bits per heavy atom. The van der Waals surface area contributed by atoms with Gasteiger partial charge in [0.2, 0.25) is 11.4 Å². The number of halogens is 2. The molecule has 9 heteroatoms. The molecule has 1 heterocycles. The summed E-state index contributed by atoms with van der Waals surface area (Å²) >= 11 is 10.2. The van der Waals surface area contributed by atoms with E-state index in [0.29, 0.717) is 5.75 Å². The van der Waals surface area contributed by atoms with Gasteiger partial charge in [0, 0.05) is 6.92 Å². The van der Waals surface area contributed by atoms with E-state index in [0.717, 1.165) is 22.2 Å². The van der Waals surface area contributed by atoms with E-state index in [-0.39, 0.29) is 17.6 Å². The molecule has 1 aliphatic heterocycles. The fourth-order valence-corrected chi connectivity index (χ4v) is 4.11. The van der Waals surface area contributed by atoms with E-state index in [9.17, 15) is 14.4 Å². The topological polar surface area (TPSA) is 72.9 Å². The van der Waals surface area contributed by atoms with Crippen molar-refractivity contribution in [3.8, 4) is 5.75 Å². The third-order valence-corrected chi connectivity index (χ3v) is 5.98. The number of amides is 1. The van der Waals surface area contributed by atoms with Crippen LogP contribution in [-0.4, -0.2) is 44.7 Å². The molecule has 1 aliphatic rings. The summed E-state index contributed by atoms with van der Waals surface area (Å²) in [6, 6.07) is 7.00. The Kier molecular flexibility index (Phi) is 6.54. The van der Waals surface area contributed by atoms with Gasteiger partial charge in [0.25, 0.3) is 0 Å². The van der Waals surface area contributed by atoms with Crippen LogP contribution in [0.1, 0.15) is 12.5 Å². The molecular formula is C15H15BrClNO5S. The Hall–Kier alpha value is -1.25. The number of likely N-dealkylation sites (tertiary alicyclic amines) is 1. The standard InChI is InChI=1S/C15H15BrClNO5S/c1-8(19)24-14-11(16)13(20)18(14)12(17)15(21)23-7-9-3-5-10(22-2)6-4-9/h3-6,11-12,14H,7H2,1-2H3/t11-,12?,14+/m0/s1. The Morgan fingerprint density at radius 1 is 1.38 bits per heavy atom. The predicted molar refractivity (Wildman–Crippen MR) is 94.1 cm³/mol. The second-order valence-electron chi connectivity index (χ2n) is 4.94. The lowest BCUT2D eigenvalue weighted by atomic mass is 10.2. The molecule has 1 unspecified atom stereocenters. The monoisotopic (exact) mass is 435 g/mol. The van der Waals surface area contributed by atoms with Gasteiger partial charge in [-0.05, 0) is 17.7 Å². The lowest BCUT2D eigenvalue weighted by molar-refractivity contribution is -0.157. The molecule has 1 aromatic rings. The number of rotatable bonds is 6. The summed E-state index contributed by atoms with van der Waals surface area (Å²) in [7, 11) is 1.56. The number of carbonyl (C=O) groups excluding carboxylic acids is 3. The van der Waals surface area contributed by atoms with E-state index in [4.69, 9.17) is 21.1 Å². The molecule has 1 saturated heterocycles. The van der Waals surface area contributed by atoms with Gasteiger partial charge >= 0.3 is 5.97 Å². The van der Waals surface area contributed by atoms with E-state index in [1.165, 1.54) is 6.92 Å². The van der Waals surface area contributed by atoms with Crippen molar-refractivity contribution in [3.63, 3.8) is 0 Å². The van der Waals surface area contributed by atoms with E-state index in [2.05, 4.69) is 15.9 Å². The first-order valence-corrected chi connectivity index (χ1v) is 9.15. The van der Waals surface area contributed by atoms with Crippen LogP contribution >= 0.6 is 39.3 Å². The van der Waals surface area contributed by atoms with E-state index in [1.54, 1.807) is 31.4 Å². The molecule has 0 aliphatic carbocycles. The predicted octanol–water partition coefficient (Wildman–Crippen LogP) is 2.51. The maximum absolute atomic E-state index is 12.1. The van der Waals surface area contributed by atoms with Crippen molar-refractivity contribution in [2.24, 2.45) is 0 Å². The smallest absolute Gasteiger partial charge is 0.345 e. The number of benzene rings is 1. The van der Waals surface area contributed by atoms with E-state index >= 15 is 0 Å². The number of esters is 1. The first-order chi connectivity index (χ1) is 11.3. The third-order valence-electron chi connectivity index (χ3n) is 3.28. The van der Waals surface area contributed by atoms with E-state index in [1.807, 2.05) is 0 Å². The number of hydrogen-bond acceptors (Lipinski definition) is 6. The first-order valence-electron chi connectivity index (χ1n) is 6.92. The van der Waals surface area contributed by atoms with Crippen LogP contribution in [0.25, 0.3) is 0 Å². The zero-order chi connectivity index (χ0) is 17.9. The third kappa shape index (κ3) is 4.23. The molecule has 1 fully saturated rings. The van der Waals surface area contributed by atoms with Crippen molar-refractivity contribution in [2.75, 3.05) is 7.11 Å². The zero-order valence-electron chi connectivity index (χ0n) is 12.9. The van der Waals surface area contributed by atoms with Crippen molar-refractivity contribution in [3.05, 3.63) is 29.8 Å². The molecule has 2 rings (SSSR count). The molecule has 0 spiro atoms. The summed E-state index contributed by atoms with van der Waals surface area (Å²) in [6.07, 6.45) is 0. The van der Waals surface area contributed by atoms with Crippen molar-refractivity contribution in [1.29, 1.82) is 0 Å². The molecule has 0 N–H and O–H groups in total. The fourth-order valence-electron chi connectivity index (χ4n) is 2.03. The van der Waals surface area contributed by atoms with Gasteiger partial charge in [-0.25, -0.2) is 4.79 Å². The number of nitrogens with zero attached hydrogens (tertiary/aromatic N) is 1. The van der Waals surface area contributed by atoms with Gasteiger partial charge in [0.05, 0.1) is 7.11 Å². The SMILES string of the molecule is COc1ccc(COC(=O)C(Cl)N2C(=O)[C@H](Br)[C@H]2SC(C)=O)cc1. The highest BCUT2D eigenvalue weighted by atomic mass is 79.9.